The van der Waals surface area contributed by atoms with E-state index in [9.17, 15) is 4.79 Å². The zero-order valence-corrected chi connectivity index (χ0v) is 18.7. The van der Waals surface area contributed by atoms with Crippen molar-refractivity contribution in [2.24, 2.45) is 0 Å². The minimum atomic E-state index is 0.0272. The summed E-state index contributed by atoms with van der Waals surface area (Å²) in [7, 11) is 0. The Labute approximate surface area is 186 Å². The van der Waals surface area contributed by atoms with Gasteiger partial charge < -0.3 is 24.6 Å². The lowest BCUT2D eigenvalue weighted by molar-refractivity contribution is -0.116. The molecule has 0 spiro atoms. The Hall–Kier alpha value is -2.09. The Morgan fingerprint density at radius 3 is 2.30 bits per heavy atom. The number of nitrogens with zero attached hydrogens (tertiary/aromatic N) is 2. The molecule has 2 saturated heterocycles. The zero-order chi connectivity index (χ0) is 20.8. The van der Waals surface area contributed by atoms with Gasteiger partial charge in [0.1, 0.15) is 0 Å². The molecule has 2 aliphatic rings. The van der Waals surface area contributed by atoms with Gasteiger partial charge in [0.05, 0.1) is 37.8 Å². The third-order valence-corrected chi connectivity index (χ3v) is 6.34. The molecule has 2 aromatic carbocycles. The van der Waals surface area contributed by atoms with E-state index in [4.69, 9.17) is 9.47 Å². The van der Waals surface area contributed by atoms with Crippen molar-refractivity contribution in [2.75, 3.05) is 67.7 Å². The Morgan fingerprint density at radius 2 is 1.60 bits per heavy atom. The van der Waals surface area contributed by atoms with Crippen molar-refractivity contribution in [3.8, 4) is 0 Å². The molecule has 1 N–H and O–H groups in total. The van der Waals surface area contributed by atoms with Crippen molar-refractivity contribution < 1.29 is 14.3 Å². The van der Waals surface area contributed by atoms with E-state index in [-0.39, 0.29) is 5.91 Å². The second kappa shape index (κ2) is 10.3. The molecule has 2 aromatic rings. The van der Waals surface area contributed by atoms with Gasteiger partial charge in [-0.05, 0) is 36.2 Å². The van der Waals surface area contributed by atoms with Crippen LogP contribution in [0.3, 0.4) is 0 Å². The SMILES string of the molecule is O=C(CCc1ccccc1Br)Nc1ccc(N2CCOCC2)cc1N1CCOCC1. The molecule has 1 amide bonds. The maximum atomic E-state index is 12.7. The first kappa shape index (κ1) is 21.2. The van der Waals surface area contributed by atoms with E-state index < -0.39 is 0 Å². The lowest BCUT2D eigenvalue weighted by atomic mass is 10.1. The van der Waals surface area contributed by atoms with Gasteiger partial charge in [0, 0.05) is 42.8 Å². The number of rotatable bonds is 6. The number of carbonyl (C=O) groups is 1. The van der Waals surface area contributed by atoms with Gasteiger partial charge in [-0.1, -0.05) is 34.1 Å². The van der Waals surface area contributed by atoms with Crippen LogP contribution in [0.2, 0.25) is 0 Å². The maximum Gasteiger partial charge on any atom is 0.224 e. The van der Waals surface area contributed by atoms with Gasteiger partial charge >= 0.3 is 0 Å². The monoisotopic (exact) mass is 473 g/mol. The van der Waals surface area contributed by atoms with Crippen molar-refractivity contribution >= 4 is 38.9 Å². The average Bonchev–Trinajstić information content (AvgIpc) is 2.80. The molecule has 2 fully saturated rings. The highest BCUT2D eigenvalue weighted by atomic mass is 79.9. The number of hydrogen-bond acceptors (Lipinski definition) is 5. The van der Waals surface area contributed by atoms with Gasteiger partial charge in [0.25, 0.3) is 0 Å². The zero-order valence-electron chi connectivity index (χ0n) is 17.1. The van der Waals surface area contributed by atoms with E-state index in [0.717, 1.165) is 60.8 Å². The molecule has 160 valence electrons. The van der Waals surface area contributed by atoms with E-state index in [1.54, 1.807) is 0 Å². The lowest BCUT2D eigenvalue weighted by Gasteiger charge is -2.33. The van der Waals surface area contributed by atoms with Crippen LogP contribution in [0.4, 0.5) is 17.1 Å². The molecule has 0 atom stereocenters. The number of carbonyl (C=O) groups excluding carboxylic acids is 1. The normalized spacial score (nSPS) is 17.1. The fourth-order valence-electron chi connectivity index (χ4n) is 3.87. The van der Waals surface area contributed by atoms with Crippen LogP contribution in [0.15, 0.2) is 46.9 Å². The summed E-state index contributed by atoms with van der Waals surface area (Å²) < 4.78 is 12.1. The second-order valence-electron chi connectivity index (χ2n) is 7.54. The summed E-state index contributed by atoms with van der Waals surface area (Å²) in [5.41, 5.74) is 4.25. The summed E-state index contributed by atoms with van der Waals surface area (Å²) in [4.78, 5) is 17.4. The molecule has 0 radical (unpaired) electrons. The predicted octanol–water partition coefficient (Wildman–Crippen LogP) is 3.69. The van der Waals surface area contributed by atoms with Gasteiger partial charge in [0.15, 0.2) is 0 Å². The van der Waals surface area contributed by atoms with Crippen LogP contribution < -0.4 is 15.1 Å². The molecular formula is C23H28BrN3O3. The van der Waals surface area contributed by atoms with Crippen molar-refractivity contribution in [1.29, 1.82) is 0 Å². The number of nitrogens with one attached hydrogen (secondary N) is 1. The Balaban J connectivity index is 1.49. The van der Waals surface area contributed by atoms with Crippen LogP contribution in [0.1, 0.15) is 12.0 Å². The first-order valence-electron chi connectivity index (χ1n) is 10.5. The number of amides is 1. The van der Waals surface area contributed by atoms with Gasteiger partial charge in [-0.2, -0.15) is 0 Å². The third kappa shape index (κ3) is 5.33. The number of aryl methyl sites for hydroxylation is 1. The summed E-state index contributed by atoms with van der Waals surface area (Å²) in [5, 5.41) is 3.15. The molecule has 0 aliphatic carbocycles. The Morgan fingerprint density at radius 1 is 0.933 bits per heavy atom. The Bertz CT molecular complexity index is 865. The quantitative estimate of drug-likeness (QED) is 0.692. The summed E-state index contributed by atoms with van der Waals surface area (Å²) in [5.74, 6) is 0.0272. The second-order valence-corrected chi connectivity index (χ2v) is 8.39. The van der Waals surface area contributed by atoms with Crippen molar-refractivity contribution in [3.05, 3.63) is 52.5 Å². The highest BCUT2D eigenvalue weighted by Crippen LogP contribution is 2.32. The number of benzene rings is 2. The molecule has 6 nitrogen and oxygen atoms in total. The Kier molecular flexibility index (Phi) is 7.25. The number of hydrogen-bond donors (Lipinski definition) is 1. The van der Waals surface area contributed by atoms with E-state index in [0.29, 0.717) is 26.1 Å². The van der Waals surface area contributed by atoms with Crippen molar-refractivity contribution in [1.82, 2.24) is 0 Å². The van der Waals surface area contributed by atoms with Gasteiger partial charge in [-0.3, -0.25) is 4.79 Å². The first-order valence-corrected chi connectivity index (χ1v) is 11.3. The van der Waals surface area contributed by atoms with Crippen LogP contribution in [-0.4, -0.2) is 58.5 Å². The topological polar surface area (TPSA) is 54.0 Å². The predicted molar refractivity (Wildman–Crippen MR) is 124 cm³/mol. The molecule has 0 aromatic heterocycles. The fraction of sp³-hybridized carbons (Fsp3) is 0.435. The molecule has 4 rings (SSSR count). The first-order chi connectivity index (χ1) is 14.7. The summed E-state index contributed by atoms with van der Waals surface area (Å²) in [6, 6.07) is 14.4. The molecule has 0 unspecified atom stereocenters. The number of anilines is 3. The van der Waals surface area contributed by atoms with Crippen LogP contribution in [0.5, 0.6) is 0 Å². The van der Waals surface area contributed by atoms with Gasteiger partial charge in [-0.25, -0.2) is 0 Å². The van der Waals surface area contributed by atoms with Crippen molar-refractivity contribution in [2.45, 2.75) is 12.8 Å². The van der Waals surface area contributed by atoms with Gasteiger partial charge in [0.2, 0.25) is 5.91 Å². The minimum Gasteiger partial charge on any atom is -0.378 e. The van der Waals surface area contributed by atoms with E-state index in [2.05, 4.69) is 43.2 Å². The van der Waals surface area contributed by atoms with Crippen LogP contribution in [0, 0.1) is 0 Å². The largest absolute Gasteiger partial charge is 0.378 e. The van der Waals surface area contributed by atoms with Crippen molar-refractivity contribution in [3.63, 3.8) is 0 Å². The van der Waals surface area contributed by atoms with Crippen LogP contribution in [0.25, 0.3) is 0 Å². The molecule has 2 heterocycles. The minimum absolute atomic E-state index is 0.0272. The molecule has 0 saturated carbocycles. The molecule has 30 heavy (non-hydrogen) atoms. The number of ether oxygens (including phenoxy) is 2. The lowest BCUT2D eigenvalue weighted by Crippen LogP contribution is -2.38. The maximum absolute atomic E-state index is 12.7. The van der Waals surface area contributed by atoms with Crippen LogP contribution >= 0.6 is 15.9 Å². The summed E-state index contributed by atoms with van der Waals surface area (Å²) in [6.45, 7) is 6.34. The summed E-state index contributed by atoms with van der Waals surface area (Å²) >= 11 is 3.56. The molecular weight excluding hydrogens is 446 g/mol. The highest BCUT2D eigenvalue weighted by Gasteiger charge is 2.19. The number of halogens is 1. The van der Waals surface area contributed by atoms with Crippen LogP contribution in [-0.2, 0) is 20.7 Å². The standard InChI is InChI=1S/C23H28BrN3O3/c24-20-4-2-1-3-18(20)5-8-23(28)25-21-7-6-19(26-9-13-29-14-10-26)17-22(21)27-11-15-30-16-12-27/h1-4,6-7,17H,5,8-16H2,(H,25,28). The van der Waals surface area contributed by atoms with Gasteiger partial charge in [-0.15, -0.1) is 0 Å². The third-order valence-electron chi connectivity index (χ3n) is 5.56. The molecule has 0 bridgehead atoms. The highest BCUT2D eigenvalue weighted by molar-refractivity contribution is 9.10. The fourth-order valence-corrected chi connectivity index (χ4v) is 4.35. The summed E-state index contributed by atoms with van der Waals surface area (Å²) in [6.07, 6.45) is 1.14. The smallest absolute Gasteiger partial charge is 0.224 e. The van der Waals surface area contributed by atoms with E-state index in [1.807, 2.05) is 30.3 Å². The van der Waals surface area contributed by atoms with E-state index >= 15 is 0 Å². The van der Waals surface area contributed by atoms with E-state index in [1.165, 1.54) is 5.69 Å². The average molecular weight is 474 g/mol. The molecule has 7 heteroatoms. The number of morpholine rings is 2. The molecule has 2 aliphatic heterocycles.